The Labute approximate surface area is 97.5 Å². The second-order valence-electron chi connectivity index (χ2n) is 3.52. The van der Waals surface area contributed by atoms with E-state index in [1.165, 1.54) is 18.6 Å². The van der Waals surface area contributed by atoms with Crippen molar-refractivity contribution in [2.75, 3.05) is 7.05 Å². The summed E-state index contributed by atoms with van der Waals surface area (Å²) in [5, 5.41) is 2.89. The Morgan fingerprint density at radius 2 is 2.06 bits per heavy atom. The van der Waals surface area contributed by atoms with Crippen molar-refractivity contribution in [3.63, 3.8) is 0 Å². The van der Waals surface area contributed by atoms with Crippen molar-refractivity contribution in [3.05, 3.63) is 59.7 Å². The summed E-state index contributed by atoms with van der Waals surface area (Å²) >= 11 is 0. The fraction of sp³-hybridized carbons (Fsp3) is 0.167. The molecule has 1 aromatic heterocycles. The number of benzene rings is 1. The van der Waals surface area contributed by atoms with E-state index in [0.717, 1.165) is 18.2 Å². The number of nitrogens with zero attached hydrogens (tertiary/aromatic N) is 2. The molecule has 88 valence electrons. The molecule has 0 aliphatic rings. The van der Waals surface area contributed by atoms with Gasteiger partial charge in [0.15, 0.2) is 0 Å². The zero-order valence-corrected chi connectivity index (χ0v) is 9.19. The van der Waals surface area contributed by atoms with Crippen molar-refractivity contribution in [2.24, 2.45) is 0 Å². The van der Waals surface area contributed by atoms with Crippen LogP contribution in [0.2, 0.25) is 0 Å². The van der Waals surface area contributed by atoms with E-state index >= 15 is 0 Å². The van der Waals surface area contributed by atoms with Crippen molar-refractivity contribution in [1.29, 1.82) is 0 Å². The lowest BCUT2D eigenvalue weighted by molar-refractivity contribution is 0.553. The molecule has 0 saturated heterocycles. The Bertz CT molecular complexity index is 502. The van der Waals surface area contributed by atoms with E-state index in [0.29, 0.717) is 5.69 Å². The molecule has 1 unspecified atom stereocenters. The van der Waals surface area contributed by atoms with Crippen LogP contribution >= 0.6 is 0 Å². The third-order valence-corrected chi connectivity index (χ3v) is 2.44. The Kier molecular flexibility index (Phi) is 3.39. The van der Waals surface area contributed by atoms with Gasteiger partial charge in [0.25, 0.3) is 0 Å². The Balaban J connectivity index is 2.46. The first-order chi connectivity index (χ1) is 8.22. The Morgan fingerprint density at radius 1 is 1.24 bits per heavy atom. The lowest BCUT2D eigenvalue weighted by Gasteiger charge is -2.16. The maximum absolute atomic E-state index is 13.6. The van der Waals surface area contributed by atoms with Crippen LogP contribution in [0.4, 0.5) is 8.78 Å². The zero-order chi connectivity index (χ0) is 12.3. The Morgan fingerprint density at radius 3 is 2.71 bits per heavy atom. The van der Waals surface area contributed by atoms with Gasteiger partial charge in [0.2, 0.25) is 0 Å². The van der Waals surface area contributed by atoms with Gasteiger partial charge in [-0.05, 0) is 25.2 Å². The first kappa shape index (κ1) is 11.6. The van der Waals surface area contributed by atoms with Gasteiger partial charge in [-0.3, -0.25) is 9.97 Å². The van der Waals surface area contributed by atoms with Crippen molar-refractivity contribution >= 4 is 0 Å². The smallest absolute Gasteiger partial charge is 0.128 e. The molecule has 0 saturated carbocycles. The minimum Gasteiger partial charge on any atom is -0.308 e. The van der Waals surface area contributed by atoms with Gasteiger partial charge in [0, 0.05) is 18.0 Å². The second kappa shape index (κ2) is 4.97. The third-order valence-electron chi connectivity index (χ3n) is 2.44. The Hall–Kier alpha value is -1.88. The topological polar surface area (TPSA) is 37.8 Å². The van der Waals surface area contributed by atoms with E-state index in [4.69, 9.17) is 0 Å². The number of halogens is 2. The molecule has 0 radical (unpaired) electrons. The molecule has 2 aromatic rings. The monoisotopic (exact) mass is 235 g/mol. The molecule has 0 aliphatic carbocycles. The van der Waals surface area contributed by atoms with Crippen LogP contribution in [0.1, 0.15) is 17.3 Å². The summed E-state index contributed by atoms with van der Waals surface area (Å²) in [6, 6.07) is 2.83. The lowest BCUT2D eigenvalue weighted by Crippen LogP contribution is -2.20. The van der Waals surface area contributed by atoms with Crippen LogP contribution in [0.3, 0.4) is 0 Å². The number of hydrogen-bond acceptors (Lipinski definition) is 3. The highest BCUT2D eigenvalue weighted by Crippen LogP contribution is 2.22. The third kappa shape index (κ3) is 2.45. The summed E-state index contributed by atoms with van der Waals surface area (Å²) in [5.41, 5.74) is 0.757. The summed E-state index contributed by atoms with van der Waals surface area (Å²) in [5.74, 6) is -0.957. The first-order valence-electron chi connectivity index (χ1n) is 5.10. The van der Waals surface area contributed by atoms with Crippen LogP contribution in [-0.4, -0.2) is 17.0 Å². The van der Waals surface area contributed by atoms with E-state index in [9.17, 15) is 8.78 Å². The summed E-state index contributed by atoms with van der Waals surface area (Å²) in [6.45, 7) is 0. The van der Waals surface area contributed by atoms with Crippen molar-refractivity contribution in [1.82, 2.24) is 15.3 Å². The summed E-state index contributed by atoms with van der Waals surface area (Å²) in [7, 11) is 1.66. The standard InChI is InChI=1S/C12H11F2N3/c1-15-12(11-7-16-4-5-17-11)9-6-8(13)2-3-10(9)14/h2-7,12,15H,1H3. The van der Waals surface area contributed by atoms with Gasteiger partial charge in [-0.25, -0.2) is 8.78 Å². The highest BCUT2D eigenvalue weighted by Gasteiger charge is 2.18. The second-order valence-corrected chi connectivity index (χ2v) is 3.52. The van der Waals surface area contributed by atoms with Gasteiger partial charge in [-0.1, -0.05) is 0 Å². The van der Waals surface area contributed by atoms with Gasteiger partial charge in [0.05, 0.1) is 17.9 Å². The highest BCUT2D eigenvalue weighted by atomic mass is 19.1. The minimum atomic E-state index is -0.514. The summed E-state index contributed by atoms with van der Waals surface area (Å²) in [6.07, 6.45) is 4.56. The zero-order valence-electron chi connectivity index (χ0n) is 9.19. The van der Waals surface area contributed by atoms with Gasteiger partial charge in [-0.15, -0.1) is 0 Å². The van der Waals surface area contributed by atoms with Gasteiger partial charge < -0.3 is 5.32 Å². The maximum Gasteiger partial charge on any atom is 0.128 e. The molecular weight excluding hydrogens is 224 g/mol. The summed E-state index contributed by atoms with van der Waals surface area (Å²) < 4.78 is 26.8. The normalized spacial score (nSPS) is 12.4. The van der Waals surface area contributed by atoms with E-state index in [-0.39, 0.29) is 5.56 Å². The van der Waals surface area contributed by atoms with Crippen molar-refractivity contribution in [2.45, 2.75) is 6.04 Å². The molecule has 1 N–H and O–H groups in total. The lowest BCUT2D eigenvalue weighted by atomic mass is 10.0. The molecule has 0 spiro atoms. The molecule has 0 bridgehead atoms. The SMILES string of the molecule is CNC(c1cnccn1)c1cc(F)ccc1F. The van der Waals surface area contributed by atoms with Crippen LogP contribution in [-0.2, 0) is 0 Å². The van der Waals surface area contributed by atoms with Gasteiger partial charge in [-0.2, -0.15) is 0 Å². The molecule has 1 atom stereocenters. The van der Waals surface area contributed by atoms with Crippen LogP contribution < -0.4 is 5.32 Å². The fourth-order valence-corrected chi connectivity index (χ4v) is 1.66. The quantitative estimate of drug-likeness (QED) is 0.884. The molecule has 2 rings (SSSR count). The molecule has 0 aliphatic heterocycles. The molecule has 1 aromatic carbocycles. The number of hydrogen-bond donors (Lipinski definition) is 1. The molecule has 3 nitrogen and oxygen atoms in total. The average Bonchev–Trinajstić information content (AvgIpc) is 2.36. The fourth-order valence-electron chi connectivity index (χ4n) is 1.66. The first-order valence-corrected chi connectivity index (χ1v) is 5.10. The predicted octanol–water partition coefficient (Wildman–Crippen LogP) is 2.06. The van der Waals surface area contributed by atoms with E-state index in [1.54, 1.807) is 7.05 Å². The maximum atomic E-state index is 13.6. The van der Waals surface area contributed by atoms with E-state index in [2.05, 4.69) is 15.3 Å². The van der Waals surface area contributed by atoms with E-state index in [1.807, 2.05) is 0 Å². The summed E-state index contributed by atoms with van der Waals surface area (Å²) in [4.78, 5) is 8.00. The largest absolute Gasteiger partial charge is 0.308 e. The van der Waals surface area contributed by atoms with Crippen LogP contribution in [0.25, 0.3) is 0 Å². The van der Waals surface area contributed by atoms with Crippen LogP contribution in [0.5, 0.6) is 0 Å². The molecule has 1 heterocycles. The number of rotatable bonds is 3. The molecule has 0 amide bonds. The van der Waals surface area contributed by atoms with Crippen molar-refractivity contribution in [3.8, 4) is 0 Å². The molecule has 5 heteroatoms. The van der Waals surface area contributed by atoms with Crippen molar-refractivity contribution < 1.29 is 8.78 Å². The van der Waals surface area contributed by atoms with Gasteiger partial charge in [0.1, 0.15) is 11.6 Å². The van der Waals surface area contributed by atoms with E-state index < -0.39 is 17.7 Å². The van der Waals surface area contributed by atoms with Crippen LogP contribution in [0.15, 0.2) is 36.8 Å². The number of nitrogens with one attached hydrogen (secondary N) is 1. The minimum absolute atomic E-state index is 0.216. The average molecular weight is 235 g/mol. The highest BCUT2D eigenvalue weighted by molar-refractivity contribution is 5.28. The molecule has 17 heavy (non-hydrogen) atoms. The number of aromatic nitrogens is 2. The molecular formula is C12H11F2N3. The molecule has 0 fully saturated rings. The van der Waals surface area contributed by atoms with Crippen LogP contribution in [0, 0.1) is 11.6 Å². The van der Waals surface area contributed by atoms with Gasteiger partial charge >= 0.3 is 0 Å². The predicted molar refractivity (Wildman–Crippen MR) is 59.3 cm³/mol.